The molecule has 1 heterocycles. The van der Waals surface area contributed by atoms with Crippen molar-refractivity contribution in [3.63, 3.8) is 0 Å². The van der Waals surface area contributed by atoms with Crippen LogP contribution >= 0.6 is 0 Å². The van der Waals surface area contributed by atoms with E-state index >= 15 is 0 Å². The van der Waals surface area contributed by atoms with E-state index in [1.165, 1.54) is 51.6 Å². The summed E-state index contributed by atoms with van der Waals surface area (Å²) in [4.78, 5) is 14.9. The monoisotopic (exact) mass is 295 g/mol. The Bertz CT molecular complexity index is 306. The number of hydrogen-bond acceptors (Lipinski definition) is 3. The molecular weight excluding hydrogens is 262 g/mol. The summed E-state index contributed by atoms with van der Waals surface area (Å²) in [7, 11) is 0. The van der Waals surface area contributed by atoms with Gasteiger partial charge in [0.05, 0.1) is 12.5 Å². The molecule has 0 aromatic heterocycles. The van der Waals surface area contributed by atoms with Crippen molar-refractivity contribution in [2.75, 3.05) is 26.2 Å². The van der Waals surface area contributed by atoms with Crippen LogP contribution in [0.15, 0.2) is 0 Å². The van der Waals surface area contributed by atoms with Gasteiger partial charge in [0.2, 0.25) is 0 Å². The SMILES string of the molecule is CCCC(C(=O)OCC(C)CN1CCCC1)C1CCCC1. The van der Waals surface area contributed by atoms with Crippen molar-refractivity contribution >= 4 is 5.97 Å². The molecule has 0 aromatic carbocycles. The molecule has 122 valence electrons. The van der Waals surface area contributed by atoms with Crippen molar-refractivity contribution in [3.8, 4) is 0 Å². The van der Waals surface area contributed by atoms with Gasteiger partial charge in [-0.1, -0.05) is 33.1 Å². The molecule has 1 aliphatic carbocycles. The van der Waals surface area contributed by atoms with Crippen LogP contribution in [0.3, 0.4) is 0 Å². The summed E-state index contributed by atoms with van der Waals surface area (Å²) in [5.41, 5.74) is 0. The van der Waals surface area contributed by atoms with Gasteiger partial charge in [-0.3, -0.25) is 4.79 Å². The zero-order chi connectivity index (χ0) is 15.1. The predicted molar refractivity (Wildman–Crippen MR) is 86.2 cm³/mol. The van der Waals surface area contributed by atoms with E-state index in [0.717, 1.165) is 19.4 Å². The first-order valence-corrected chi connectivity index (χ1v) is 9.09. The van der Waals surface area contributed by atoms with Crippen LogP contribution in [-0.4, -0.2) is 37.1 Å². The summed E-state index contributed by atoms with van der Waals surface area (Å²) in [6.45, 7) is 8.50. The van der Waals surface area contributed by atoms with E-state index in [1.54, 1.807) is 0 Å². The first-order valence-electron chi connectivity index (χ1n) is 9.09. The molecule has 21 heavy (non-hydrogen) atoms. The number of carbonyl (C=O) groups is 1. The molecule has 2 aliphatic rings. The molecule has 2 atom stereocenters. The number of esters is 1. The minimum absolute atomic E-state index is 0.0806. The second kappa shape index (κ2) is 8.77. The smallest absolute Gasteiger partial charge is 0.309 e. The fourth-order valence-corrected chi connectivity index (χ4v) is 4.01. The van der Waals surface area contributed by atoms with E-state index in [2.05, 4.69) is 18.7 Å². The topological polar surface area (TPSA) is 29.5 Å². The van der Waals surface area contributed by atoms with Gasteiger partial charge in [0.15, 0.2) is 0 Å². The molecule has 3 heteroatoms. The van der Waals surface area contributed by atoms with Gasteiger partial charge in [-0.15, -0.1) is 0 Å². The number of nitrogens with zero attached hydrogens (tertiary/aromatic N) is 1. The lowest BCUT2D eigenvalue weighted by molar-refractivity contribution is -0.152. The van der Waals surface area contributed by atoms with Crippen molar-refractivity contribution in [3.05, 3.63) is 0 Å². The van der Waals surface area contributed by atoms with Gasteiger partial charge in [0, 0.05) is 12.5 Å². The molecule has 1 saturated carbocycles. The van der Waals surface area contributed by atoms with Crippen LogP contribution in [0.2, 0.25) is 0 Å². The molecule has 2 fully saturated rings. The minimum Gasteiger partial charge on any atom is -0.465 e. The molecule has 2 unspecified atom stereocenters. The van der Waals surface area contributed by atoms with Crippen LogP contribution in [0.25, 0.3) is 0 Å². The fraction of sp³-hybridized carbons (Fsp3) is 0.944. The third kappa shape index (κ3) is 5.28. The van der Waals surface area contributed by atoms with Crippen LogP contribution in [0.4, 0.5) is 0 Å². The van der Waals surface area contributed by atoms with Gasteiger partial charge in [0.1, 0.15) is 0 Å². The average molecular weight is 295 g/mol. The van der Waals surface area contributed by atoms with Crippen LogP contribution < -0.4 is 0 Å². The largest absolute Gasteiger partial charge is 0.465 e. The normalized spacial score (nSPS) is 23.3. The van der Waals surface area contributed by atoms with E-state index in [1.807, 2.05) is 0 Å². The Morgan fingerprint density at radius 2 is 1.86 bits per heavy atom. The molecule has 3 nitrogen and oxygen atoms in total. The second-order valence-corrected chi connectivity index (χ2v) is 7.18. The highest BCUT2D eigenvalue weighted by molar-refractivity contribution is 5.72. The Morgan fingerprint density at radius 3 is 2.48 bits per heavy atom. The number of likely N-dealkylation sites (tertiary alicyclic amines) is 1. The zero-order valence-electron chi connectivity index (χ0n) is 14.0. The first-order chi connectivity index (χ1) is 10.2. The third-order valence-corrected chi connectivity index (χ3v) is 5.15. The Hall–Kier alpha value is -0.570. The minimum atomic E-state index is 0.0806. The summed E-state index contributed by atoms with van der Waals surface area (Å²) >= 11 is 0. The standard InChI is InChI=1S/C18H33NO2/c1-3-8-17(16-9-4-5-10-16)18(20)21-14-15(2)13-19-11-6-7-12-19/h15-17H,3-14H2,1-2H3. The highest BCUT2D eigenvalue weighted by Gasteiger charge is 2.31. The second-order valence-electron chi connectivity index (χ2n) is 7.18. The summed E-state index contributed by atoms with van der Waals surface area (Å²) < 4.78 is 5.68. The van der Waals surface area contributed by atoms with E-state index in [0.29, 0.717) is 18.4 Å². The summed E-state index contributed by atoms with van der Waals surface area (Å²) in [5.74, 6) is 1.29. The van der Waals surface area contributed by atoms with Gasteiger partial charge in [-0.2, -0.15) is 0 Å². The molecule has 1 aliphatic heterocycles. The van der Waals surface area contributed by atoms with Gasteiger partial charge in [-0.05, 0) is 51.1 Å². The highest BCUT2D eigenvalue weighted by Crippen LogP contribution is 2.34. The van der Waals surface area contributed by atoms with Crippen molar-refractivity contribution in [1.29, 1.82) is 0 Å². The maximum absolute atomic E-state index is 12.4. The summed E-state index contributed by atoms with van der Waals surface area (Å²) in [6.07, 6.45) is 9.78. The molecule has 0 aromatic rings. The maximum Gasteiger partial charge on any atom is 0.309 e. The fourth-order valence-electron chi connectivity index (χ4n) is 4.01. The van der Waals surface area contributed by atoms with Crippen LogP contribution in [-0.2, 0) is 9.53 Å². The van der Waals surface area contributed by atoms with Gasteiger partial charge in [0.25, 0.3) is 0 Å². The highest BCUT2D eigenvalue weighted by atomic mass is 16.5. The first kappa shape index (κ1) is 16.8. The molecule has 0 spiro atoms. The Morgan fingerprint density at radius 1 is 1.19 bits per heavy atom. The Balaban J connectivity index is 1.72. The van der Waals surface area contributed by atoms with Crippen molar-refractivity contribution in [2.45, 2.75) is 65.2 Å². The lowest BCUT2D eigenvalue weighted by Gasteiger charge is -2.24. The number of hydrogen-bond donors (Lipinski definition) is 0. The molecule has 0 amide bonds. The Kier molecular flexibility index (Phi) is 7.01. The van der Waals surface area contributed by atoms with Crippen LogP contribution in [0, 0.1) is 17.8 Å². The van der Waals surface area contributed by atoms with Gasteiger partial charge in [-0.25, -0.2) is 0 Å². The molecule has 0 N–H and O–H groups in total. The Labute approximate surface area is 130 Å². The lowest BCUT2D eigenvalue weighted by atomic mass is 9.87. The van der Waals surface area contributed by atoms with E-state index < -0.39 is 0 Å². The van der Waals surface area contributed by atoms with Crippen molar-refractivity contribution in [2.24, 2.45) is 17.8 Å². The predicted octanol–water partition coefficient (Wildman–Crippen LogP) is 3.87. The van der Waals surface area contributed by atoms with E-state index in [-0.39, 0.29) is 11.9 Å². The molecule has 1 saturated heterocycles. The number of rotatable bonds is 8. The summed E-state index contributed by atoms with van der Waals surface area (Å²) in [5, 5.41) is 0. The molecule has 2 rings (SSSR count). The summed E-state index contributed by atoms with van der Waals surface area (Å²) in [6, 6.07) is 0. The van der Waals surface area contributed by atoms with E-state index in [9.17, 15) is 4.79 Å². The third-order valence-electron chi connectivity index (χ3n) is 5.15. The van der Waals surface area contributed by atoms with E-state index in [4.69, 9.17) is 4.74 Å². The zero-order valence-corrected chi connectivity index (χ0v) is 14.0. The maximum atomic E-state index is 12.4. The average Bonchev–Trinajstić information content (AvgIpc) is 3.15. The van der Waals surface area contributed by atoms with Crippen LogP contribution in [0.5, 0.6) is 0 Å². The molecule has 0 radical (unpaired) electrons. The van der Waals surface area contributed by atoms with Crippen molar-refractivity contribution < 1.29 is 9.53 Å². The molecular formula is C18H33NO2. The van der Waals surface area contributed by atoms with Crippen molar-refractivity contribution in [1.82, 2.24) is 4.90 Å². The van der Waals surface area contributed by atoms with Crippen LogP contribution in [0.1, 0.15) is 65.2 Å². The van der Waals surface area contributed by atoms with Gasteiger partial charge >= 0.3 is 5.97 Å². The number of ether oxygens (including phenoxy) is 1. The quantitative estimate of drug-likeness (QED) is 0.637. The molecule has 0 bridgehead atoms. The lowest BCUT2D eigenvalue weighted by Crippen LogP contribution is -2.30. The van der Waals surface area contributed by atoms with Gasteiger partial charge < -0.3 is 9.64 Å². The number of carbonyl (C=O) groups excluding carboxylic acids is 1.